The lowest BCUT2D eigenvalue weighted by Crippen LogP contribution is -2.50. The summed E-state index contributed by atoms with van der Waals surface area (Å²) in [5.41, 5.74) is 1.26. The molecule has 0 aliphatic carbocycles. The molecule has 1 fully saturated rings. The van der Waals surface area contributed by atoms with Crippen LogP contribution >= 0.6 is 0 Å². The molecule has 0 aromatic heterocycles. The Balaban J connectivity index is 1.11. The summed E-state index contributed by atoms with van der Waals surface area (Å²) in [6, 6.07) is 17.8. The third-order valence-electron chi connectivity index (χ3n) is 6.90. The van der Waals surface area contributed by atoms with Gasteiger partial charge in [-0.25, -0.2) is 0 Å². The van der Waals surface area contributed by atoms with Crippen LogP contribution in [0.4, 0.5) is 24.5 Å². The van der Waals surface area contributed by atoms with Gasteiger partial charge in [-0.3, -0.25) is 15.0 Å². The van der Waals surface area contributed by atoms with Gasteiger partial charge in [0.1, 0.15) is 29.5 Å². The van der Waals surface area contributed by atoms with Crippen molar-refractivity contribution in [3.63, 3.8) is 0 Å². The zero-order valence-corrected chi connectivity index (χ0v) is 22.8. The molecular weight excluding hydrogens is 555 g/mol. The lowest BCUT2D eigenvalue weighted by atomic mass is 10.1. The minimum atomic E-state index is -4.74. The number of ether oxygens (including phenoxy) is 3. The van der Waals surface area contributed by atoms with Crippen molar-refractivity contribution in [1.82, 2.24) is 15.5 Å². The average Bonchev–Trinajstić information content (AvgIpc) is 3.40. The Morgan fingerprint density at radius 3 is 2.10 bits per heavy atom. The normalized spacial score (nSPS) is 16.4. The molecule has 42 heavy (non-hydrogen) atoms. The number of hydrogen-bond donors (Lipinski definition) is 2. The van der Waals surface area contributed by atoms with Crippen molar-refractivity contribution in [2.24, 2.45) is 0 Å². The van der Waals surface area contributed by atoms with Gasteiger partial charge in [-0.15, -0.1) is 13.2 Å². The largest absolute Gasteiger partial charge is 0.573 e. The third-order valence-corrected chi connectivity index (χ3v) is 6.90. The number of nitro benzene ring substituents is 1. The van der Waals surface area contributed by atoms with E-state index in [1.165, 1.54) is 24.3 Å². The lowest BCUT2D eigenvalue weighted by Gasteiger charge is -2.36. The zero-order valence-electron chi connectivity index (χ0n) is 22.8. The number of rotatable bonds is 10. The lowest BCUT2D eigenvalue weighted by molar-refractivity contribution is -0.385. The summed E-state index contributed by atoms with van der Waals surface area (Å²) in [6.45, 7) is 5.81. The molecule has 0 radical (unpaired) electrons. The summed E-state index contributed by atoms with van der Waals surface area (Å²) in [4.78, 5) is 15.8. The summed E-state index contributed by atoms with van der Waals surface area (Å²) in [6.07, 6.45) is -1.22. The second kappa shape index (κ2) is 12.1. The fourth-order valence-corrected chi connectivity index (χ4v) is 4.70. The number of anilines is 1. The van der Waals surface area contributed by atoms with Gasteiger partial charge in [-0.05, 0) is 61.0 Å². The van der Waals surface area contributed by atoms with Crippen LogP contribution in [0.1, 0.15) is 12.5 Å². The smallest absolute Gasteiger partial charge is 0.482 e. The number of alkyl halides is 3. The molecule has 0 unspecified atom stereocenters. The molecule has 0 atom stereocenters. The van der Waals surface area contributed by atoms with Gasteiger partial charge in [0.05, 0.1) is 4.92 Å². The molecular formula is C29H30F3N5O5. The van der Waals surface area contributed by atoms with Gasteiger partial charge in [-0.1, -0.05) is 12.1 Å². The standard InChI is InChI=1S/C29H30F3N5O5/c1-28(33-12-13-34-28)20-40-27-11-4-22(18-26(27)37(38)39)36-16-14-35(15-17-36)19-21-2-5-23(6-3-21)41-24-7-9-25(10-8-24)42-29(30,31)32/h2-13,18,33-34H,14-17,19-20H2,1H3. The molecule has 1 saturated heterocycles. The van der Waals surface area contributed by atoms with Gasteiger partial charge < -0.3 is 29.7 Å². The number of nitrogens with one attached hydrogen (secondary N) is 2. The molecule has 13 heteroatoms. The van der Waals surface area contributed by atoms with Gasteiger partial charge in [0, 0.05) is 56.9 Å². The second-order valence-electron chi connectivity index (χ2n) is 10.2. The van der Waals surface area contributed by atoms with Crippen LogP contribution in [0.3, 0.4) is 0 Å². The Bertz CT molecular complexity index is 1400. The third kappa shape index (κ3) is 7.55. The van der Waals surface area contributed by atoms with Gasteiger partial charge in [0.2, 0.25) is 0 Å². The molecule has 0 bridgehead atoms. The minimum absolute atomic E-state index is 0.0719. The van der Waals surface area contributed by atoms with E-state index in [0.717, 1.165) is 30.9 Å². The maximum absolute atomic E-state index is 12.3. The van der Waals surface area contributed by atoms with Gasteiger partial charge in [-0.2, -0.15) is 0 Å². The first-order chi connectivity index (χ1) is 20.1. The van der Waals surface area contributed by atoms with E-state index in [1.807, 2.05) is 37.3 Å². The molecule has 5 rings (SSSR count). The van der Waals surface area contributed by atoms with E-state index in [0.29, 0.717) is 24.6 Å². The monoisotopic (exact) mass is 585 g/mol. The Hall–Kier alpha value is -4.65. The molecule has 0 spiro atoms. The Morgan fingerprint density at radius 1 is 0.905 bits per heavy atom. The van der Waals surface area contributed by atoms with Crippen LogP contribution in [0.2, 0.25) is 0 Å². The maximum Gasteiger partial charge on any atom is 0.573 e. The van der Waals surface area contributed by atoms with Crippen molar-refractivity contribution < 1.29 is 32.3 Å². The van der Waals surface area contributed by atoms with Crippen molar-refractivity contribution >= 4 is 11.4 Å². The fraction of sp³-hybridized carbons (Fsp3) is 0.310. The summed E-state index contributed by atoms with van der Waals surface area (Å²) >= 11 is 0. The summed E-state index contributed by atoms with van der Waals surface area (Å²) < 4.78 is 52.4. The molecule has 3 aromatic carbocycles. The Morgan fingerprint density at radius 2 is 1.50 bits per heavy atom. The predicted octanol–water partition coefficient (Wildman–Crippen LogP) is 5.37. The molecule has 222 valence electrons. The molecule has 3 aromatic rings. The molecule has 2 N–H and O–H groups in total. The predicted molar refractivity (Wildman–Crippen MR) is 150 cm³/mol. The highest BCUT2D eigenvalue weighted by molar-refractivity contribution is 5.60. The van der Waals surface area contributed by atoms with Crippen LogP contribution in [0, 0.1) is 10.1 Å². The number of nitrogens with zero attached hydrogens (tertiary/aromatic N) is 3. The zero-order chi connectivity index (χ0) is 29.7. The average molecular weight is 586 g/mol. The van der Waals surface area contributed by atoms with Crippen LogP contribution in [-0.2, 0) is 6.54 Å². The first-order valence-corrected chi connectivity index (χ1v) is 13.3. The maximum atomic E-state index is 12.3. The van der Waals surface area contributed by atoms with Crippen molar-refractivity contribution in [1.29, 1.82) is 0 Å². The van der Waals surface area contributed by atoms with Crippen molar-refractivity contribution in [3.05, 3.63) is 94.8 Å². The van der Waals surface area contributed by atoms with Crippen LogP contribution in [0.5, 0.6) is 23.0 Å². The van der Waals surface area contributed by atoms with Crippen molar-refractivity contribution in [2.75, 3.05) is 37.7 Å². The SMILES string of the molecule is CC1(COc2ccc(N3CCN(Cc4ccc(Oc5ccc(OC(F)(F)F)cc5)cc4)CC3)cc2[N+](=O)[O-])NC=CN1. The quantitative estimate of drug-likeness (QED) is 0.240. The number of halogens is 3. The first kappa shape index (κ1) is 28.9. The van der Waals surface area contributed by atoms with E-state index in [-0.39, 0.29) is 23.8 Å². The molecule has 0 amide bonds. The van der Waals surface area contributed by atoms with E-state index in [9.17, 15) is 23.3 Å². The molecule has 2 aliphatic heterocycles. The topological polar surface area (TPSA) is 101 Å². The summed E-state index contributed by atoms with van der Waals surface area (Å²) in [5, 5.41) is 18.0. The van der Waals surface area contributed by atoms with Crippen LogP contribution in [-0.4, -0.2) is 54.6 Å². The van der Waals surface area contributed by atoms with E-state index >= 15 is 0 Å². The van der Waals surface area contributed by atoms with Gasteiger partial charge in [0.25, 0.3) is 0 Å². The minimum Gasteiger partial charge on any atom is -0.482 e. The number of benzene rings is 3. The van der Waals surface area contributed by atoms with Gasteiger partial charge >= 0.3 is 12.0 Å². The van der Waals surface area contributed by atoms with Gasteiger partial charge in [0.15, 0.2) is 5.75 Å². The second-order valence-corrected chi connectivity index (χ2v) is 10.2. The fourth-order valence-electron chi connectivity index (χ4n) is 4.70. The van der Waals surface area contributed by atoms with Crippen LogP contribution in [0.25, 0.3) is 0 Å². The Labute approximate surface area is 240 Å². The molecule has 2 aliphatic rings. The highest BCUT2D eigenvalue weighted by Crippen LogP contribution is 2.33. The van der Waals surface area contributed by atoms with Crippen LogP contribution in [0.15, 0.2) is 79.1 Å². The van der Waals surface area contributed by atoms with Crippen molar-refractivity contribution in [3.8, 4) is 23.0 Å². The summed E-state index contributed by atoms with van der Waals surface area (Å²) in [7, 11) is 0. The van der Waals surface area contributed by atoms with Crippen LogP contribution < -0.4 is 29.7 Å². The number of piperazine rings is 1. The Kier molecular flexibility index (Phi) is 8.29. The highest BCUT2D eigenvalue weighted by atomic mass is 19.4. The van der Waals surface area contributed by atoms with E-state index in [2.05, 4.69) is 25.2 Å². The molecule has 0 saturated carbocycles. The van der Waals surface area contributed by atoms with E-state index in [4.69, 9.17) is 9.47 Å². The summed E-state index contributed by atoms with van der Waals surface area (Å²) in [5.74, 6) is 0.859. The number of nitro groups is 1. The van der Waals surface area contributed by atoms with E-state index in [1.54, 1.807) is 24.5 Å². The first-order valence-electron chi connectivity index (χ1n) is 13.3. The van der Waals surface area contributed by atoms with E-state index < -0.39 is 16.9 Å². The molecule has 2 heterocycles. The molecule has 10 nitrogen and oxygen atoms in total. The van der Waals surface area contributed by atoms with Crippen molar-refractivity contribution in [2.45, 2.75) is 25.5 Å². The highest BCUT2D eigenvalue weighted by Gasteiger charge is 2.31. The number of hydrogen-bond acceptors (Lipinski definition) is 9.